The van der Waals surface area contributed by atoms with Crippen molar-refractivity contribution in [3.63, 3.8) is 0 Å². The predicted molar refractivity (Wildman–Crippen MR) is 73.5 cm³/mol. The Bertz CT molecular complexity index is 379. The Kier molecular flexibility index (Phi) is 5.23. The molecule has 0 amide bonds. The van der Waals surface area contributed by atoms with Gasteiger partial charge in [0.05, 0.1) is 0 Å². The third kappa shape index (κ3) is 3.50. The smallest absolute Gasteiger partial charge is 0.160 e. The van der Waals surface area contributed by atoms with Crippen LogP contribution in [0.25, 0.3) is 0 Å². The van der Waals surface area contributed by atoms with Crippen LogP contribution in [0.4, 0.5) is 0 Å². The first kappa shape index (κ1) is 15.1. The quantitative estimate of drug-likeness (QED) is 0.843. The van der Waals surface area contributed by atoms with Gasteiger partial charge in [0.1, 0.15) is 5.60 Å². The zero-order chi connectivity index (χ0) is 13.8. The summed E-state index contributed by atoms with van der Waals surface area (Å²) in [5.74, 6) is 0.764. The molecule has 0 aliphatic heterocycles. The minimum atomic E-state index is -0.430. The highest BCUT2D eigenvalue weighted by molar-refractivity contribution is 5.25. The number of nitrogens with one attached hydrogen (secondary N) is 1. The number of hydrogen-bond acceptors (Lipinski definition) is 4. The summed E-state index contributed by atoms with van der Waals surface area (Å²) in [6.45, 7) is 14.6. The molecule has 0 atom stereocenters. The van der Waals surface area contributed by atoms with Gasteiger partial charge in [-0.15, -0.1) is 0 Å². The van der Waals surface area contributed by atoms with Crippen molar-refractivity contribution in [2.24, 2.45) is 0 Å². The van der Waals surface area contributed by atoms with Gasteiger partial charge in [-0.05, 0) is 41.2 Å². The minimum absolute atomic E-state index is 0.430. The standard InChI is InChI=1S/C14H25N3O/c1-7-15-9-12-10(3)16-13(17-11(12)4)14(5,6)18-8-2/h15H,7-9H2,1-6H3. The highest BCUT2D eigenvalue weighted by Gasteiger charge is 2.25. The van der Waals surface area contributed by atoms with Crippen molar-refractivity contribution in [3.05, 3.63) is 22.8 Å². The van der Waals surface area contributed by atoms with Crippen LogP contribution in [0.3, 0.4) is 0 Å². The number of hydrogen-bond donors (Lipinski definition) is 1. The van der Waals surface area contributed by atoms with E-state index in [9.17, 15) is 0 Å². The second-order valence-corrected chi connectivity index (χ2v) is 4.92. The lowest BCUT2D eigenvalue weighted by atomic mass is 10.1. The normalized spacial score (nSPS) is 11.9. The SMILES string of the molecule is CCNCc1c(C)nc(C(C)(C)OCC)nc1C. The van der Waals surface area contributed by atoms with Crippen LogP contribution in [0.5, 0.6) is 0 Å². The van der Waals surface area contributed by atoms with Crippen molar-refractivity contribution in [1.82, 2.24) is 15.3 Å². The molecule has 0 bridgehead atoms. The molecule has 0 fully saturated rings. The predicted octanol–water partition coefficient (Wildman–Crippen LogP) is 2.47. The zero-order valence-electron chi connectivity index (χ0n) is 12.4. The summed E-state index contributed by atoms with van der Waals surface area (Å²) >= 11 is 0. The maximum absolute atomic E-state index is 5.71. The number of ether oxygens (including phenoxy) is 1. The fourth-order valence-corrected chi connectivity index (χ4v) is 1.94. The van der Waals surface area contributed by atoms with Crippen LogP contribution in [0.15, 0.2) is 0 Å². The highest BCUT2D eigenvalue weighted by Crippen LogP contribution is 2.23. The molecule has 1 aromatic heterocycles. The van der Waals surface area contributed by atoms with Gasteiger partial charge in [0.25, 0.3) is 0 Å². The van der Waals surface area contributed by atoms with Crippen molar-refractivity contribution in [3.8, 4) is 0 Å². The summed E-state index contributed by atoms with van der Waals surface area (Å²) in [6.07, 6.45) is 0. The number of rotatable bonds is 6. The molecule has 0 radical (unpaired) electrons. The third-order valence-corrected chi connectivity index (χ3v) is 3.02. The molecule has 0 unspecified atom stereocenters. The van der Waals surface area contributed by atoms with Crippen LogP contribution >= 0.6 is 0 Å². The molecule has 0 saturated carbocycles. The van der Waals surface area contributed by atoms with E-state index in [0.29, 0.717) is 6.61 Å². The first-order valence-corrected chi connectivity index (χ1v) is 6.61. The van der Waals surface area contributed by atoms with Gasteiger partial charge >= 0.3 is 0 Å². The highest BCUT2D eigenvalue weighted by atomic mass is 16.5. The Morgan fingerprint density at radius 2 is 1.67 bits per heavy atom. The topological polar surface area (TPSA) is 47.0 Å². The second kappa shape index (κ2) is 6.25. The maximum atomic E-state index is 5.71. The number of aromatic nitrogens is 2. The van der Waals surface area contributed by atoms with E-state index in [2.05, 4.69) is 22.2 Å². The molecule has 1 heterocycles. The van der Waals surface area contributed by atoms with Crippen LogP contribution < -0.4 is 5.32 Å². The van der Waals surface area contributed by atoms with Crippen LogP contribution in [-0.2, 0) is 16.9 Å². The van der Waals surface area contributed by atoms with Crippen LogP contribution in [0.2, 0.25) is 0 Å². The molecular formula is C14H25N3O. The monoisotopic (exact) mass is 251 g/mol. The molecular weight excluding hydrogens is 226 g/mol. The fraction of sp³-hybridized carbons (Fsp3) is 0.714. The van der Waals surface area contributed by atoms with E-state index < -0.39 is 5.60 Å². The lowest BCUT2D eigenvalue weighted by molar-refractivity contribution is -0.0210. The van der Waals surface area contributed by atoms with Gasteiger partial charge in [0, 0.05) is 30.1 Å². The molecule has 0 saturated heterocycles. The molecule has 102 valence electrons. The van der Waals surface area contributed by atoms with Gasteiger partial charge < -0.3 is 10.1 Å². The first-order chi connectivity index (χ1) is 8.42. The maximum Gasteiger partial charge on any atom is 0.160 e. The molecule has 18 heavy (non-hydrogen) atoms. The summed E-state index contributed by atoms with van der Waals surface area (Å²) in [5, 5.41) is 3.32. The van der Waals surface area contributed by atoms with Gasteiger partial charge in [-0.2, -0.15) is 0 Å². The zero-order valence-corrected chi connectivity index (χ0v) is 12.4. The lowest BCUT2D eigenvalue weighted by Gasteiger charge is -2.24. The molecule has 1 N–H and O–H groups in total. The molecule has 0 spiro atoms. The molecule has 1 aromatic rings. The van der Waals surface area contributed by atoms with Gasteiger partial charge in [-0.25, -0.2) is 9.97 Å². The summed E-state index contributed by atoms with van der Waals surface area (Å²) in [6, 6.07) is 0. The fourth-order valence-electron chi connectivity index (χ4n) is 1.94. The van der Waals surface area contributed by atoms with E-state index in [1.807, 2.05) is 34.6 Å². The lowest BCUT2D eigenvalue weighted by Crippen LogP contribution is -2.26. The molecule has 0 aliphatic rings. The van der Waals surface area contributed by atoms with E-state index in [4.69, 9.17) is 4.74 Å². The Labute approximate surface area is 110 Å². The number of aryl methyl sites for hydroxylation is 2. The van der Waals surface area contributed by atoms with Crippen molar-refractivity contribution in [2.45, 2.75) is 53.7 Å². The summed E-state index contributed by atoms with van der Waals surface area (Å²) in [7, 11) is 0. The molecule has 0 aromatic carbocycles. The molecule has 0 aliphatic carbocycles. The average molecular weight is 251 g/mol. The third-order valence-electron chi connectivity index (χ3n) is 3.02. The Morgan fingerprint density at radius 3 is 2.11 bits per heavy atom. The first-order valence-electron chi connectivity index (χ1n) is 6.61. The van der Waals surface area contributed by atoms with E-state index in [1.165, 1.54) is 5.56 Å². The van der Waals surface area contributed by atoms with Crippen molar-refractivity contribution in [1.29, 1.82) is 0 Å². The average Bonchev–Trinajstić information content (AvgIpc) is 2.27. The second-order valence-electron chi connectivity index (χ2n) is 4.92. The molecule has 4 nitrogen and oxygen atoms in total. The Morgan fingerprint density at radius 1 is 1.11 bits per heavy atom. The van der Waals surface area contributed by atoms with Crippen LogP contribution in [0.1, 0.15) is 50.5 Å². The van der Waals surface area contributed by atoms with Gasteiger partial charge in [-0.1, -0.05) is 6.92 Å². The van der Waals surface area contributed by atoms with Crippen molar-refractivity contribution < 1.29 is 4.74 Å². The largest absolute Gasteiger partial charge is 0.368 e. The molecule has 1 rings (SSSR count). The van der Waals surface area contributed by atoms with Gasteiger partial charge in [-0.3, -0.25) is 0 Å². The van der Waals surface area contributed by atoms with Crippen molar-refractivity contribution >= 4 is 0 Å². The van der Waals surface area contributed by atoms with Gasteiger partial charge in [0.2, 0.25) is 0 Å². The summed E-state index contributed by atoms with van der Waals surface area (Å²) in [5.41, 5.74) is 2.83. The number of nitrogens with zero attached hydrogens (tertiary/aromatic N) is 2. The Balaban J connectivity index is 3.05. The van der Waals surface area contributed by atoms with E-state index in [0.717, 1.165) is 30.3 Å². The van der Waals surface area contributed by atoms with E-state index in [1.54, 1.807) is 0 Å². The minimum Gasteiger partial charge on any atom is -0.368 e. The van der Waals surface area contributed by atoms with Crippen LogP contribution in [-0.4, -0.2) is 23.1 Å². The van der Waals surface area contributed by atoms with Crippen molar-refractivity contribution in [2.75, 3.05) is 13.2 Å². The van der Waals surface area contributed by atoms with E-state index in [-0.39, 0.29) is 0 Å². The summed E-state index contributed by atoms with van der Waals surface area (Å²) in [4.78, 5) is 9.20. The van der Waals surface area contributed by atoms with Crippen LogP contribution in [0, 0.1) is 13.8 Å². The van der Waals surface area contributed by atoms with E-state index >= 15 is 0 Å². The van der Waals surface area contributed by atoms with Gasteiger partial charge in [0.15, 0.2) is 5.82 Å². The molecule has 4 heteroatoms. The Hall–Kier alpha value is -1.00. The summed E-state index contributed by atoms with van der Waals surface area (Å²) < 4.78 is 5.71.